The van der Waals surface area contributed by atoms with Crippen LogP contribution in [0.15, 0.2) is 50.8 Å². The van der Waals surface area contributed by atoms with Crippen molar-refractivity contribution in [2.75, 3.05) is 0 Å². The van der Waals surface area contributed by atoms with Crippen molar-refractivity contribution in [2.24, 2.45) is 0 Å². The molecule has 0 bridgehead atoms. The largest absolute Gasteiger partial charge is 0.345 e. The molecule has 28 heavy (non-hydrogen) atoms. The van der Waals surface area contributed by atoms with Crippen LogP contribution < -0.4 is 5.32 Å². The monoisotopic (exact) mass is 395 g/mol. The minimum absolute atomic E-state index is 0.164. The van der Waals surface area contributed by atoms with E-state index in [4.69, 9.17) is 9.05 Å². The van der Waals surface area contributed by atoms with Gasteiger partial charge in [0.25, 0.3) is 11.8 Å². The molecule has 142 valence electrons. The fourth-order valence-electron chi connectivity index (χ4n) is 2.45. The van der Waals surface area contributed by atoms with Crippen molar-refractivity contribution in [1.82, 2.24) is 25.6 Å². The summed E-state index contributed by atoms with van der Waals surface area (Å²) < 4.78 is 10.4. The molecule has 0 aliphatic rings. The van der Waals surface area contributed by atoms with Gasteiger partial charge in [0.05, 0.1) is 11.4 Å². The Labute approximate surface area is 164 Å². The summed E-state index contributed by atoms with van der Waals surface area (Å²) in [6.07, 6.45) is 0. The second-order valence-electron chi connectivity index (χ2n) is 6.36. The zero-order chi connectivity index (χ0) is 19.5. The third kappa shape index (κ3) is 3.84. The van der Waals surface area contributed by atoms with E-state index < -0.39 is 0 Å². The molecule has 0 saturated heterocycles. The summed E-state index contributed by atoms with van der Waals surface area (Å²) in [6.45, 7) is 4.15. The van der Waals surface area contributed by atoms with Crippen molar-refractivity contribution < 1.29 is 13.8 Å². The SMILES string of the molecule is CC(C)c1nc(-c2ccc(C(=O)NCc3noc(-c4cccs4)n3)cc2)no1. The van der Waals surface area contributed by atoms with E-state index in [0.717, 1.165) is 10.4 Å². The number of amides is 1. The number of nitrogens with zero attached hydrogens (tertiary/aromatic N) is 4. The number of thiophene rings is 1. The zero-order valence-corrected chi connectivity index (χ0v) is 16.1. The predicted molar refractivity (Wildman–Crippen MR) is 103 cm³/mol. The van der Waals surface area contributed by atoms with Crippen LogP contribution in [-0.4, -0.2) is 26.2 Å². The number of aromatic nitrogens is 4. The first-order chi connectivity index (χ1) is 13.6. The molecular weight excluding hydrogens is 378 g/mol. The van der Waals surface area contributed by atoms with Gasteiger partial charge in [-0.2, -0.15) is 9.97 Å². The molecule has 0 fully saturated rings. The highest BCUT2D eigenvalue weighted by Gasteiger charge is 2.14. The number of hydrogen-bond acceptors (Lipinski definition) is 8. The molecule has 0 spiro atoms. The Morgan fingerprint density at radius 2 is 1.93 bits per heavy atom. The van der Waals surface area contributed by atoms with Crippen molar-refractivity contribution >= 4 is 17.2 Å². The maximum absolute atomic E-state index is 12.3. The molecule has 0 aliphatic heterocycles. The summed E-state index contributed by atoms with van der Waals surface area (Å²) in [6, 6.07) is 10.8. The van der Waals surface area contributed by atoms with E-state index >= 15 is 0 Å². The van der Waals surface area contributed by atoms with Gasteiger partial charge in [-0.15, -0.1) is 11.3 Å². The molecule has 1 amide bonds. The van der Waals surface area contributed by atoms with E-state index in [2.05, 4.69) is 25.6 Å². The summed E-state index contributed by atoms with van der Waals surface area (Å²) in [5.41, 5.74) is 1.30. The predicted octanol–water partition coefficient (Wildman–Crippen LogP) is 3.90. The van der Waals surface area contributed by atoms with Gasteiger partial charge >= 0.3 is 0 Å². The van der Waals surface area contributed by atoms with Gasteiger partial charge in [-0.3, -0.25) is 4.79 Å². The first kappa shape index (κ1) is 18.1. The van der Waals surface area contributed by atoms with Gasteiger partial charge in [-0.1, -0.05) is 42.4 Å². The van der Waals surface area contributed by atoms with Crippen LogP contribution in [0.1, 0.15) is 41.8 Å². The molecule has 0 radical (unpaired) electrons. The Balaban J connectivity index is 1.38. The fraction of sp³-hybridized carbons (Fsp3) is 0.211. The number of nitrogens with one attached hydrogen (secondary N) is 1. The van der Waals surface area contributed by atoms with E-state index in [9.17, 15) is 4.79 Å². The third-order valence-electron chi connectivity index (χ3n) is 3.95. The number of carbonyl (C=O) groups excluding carboxylic acids is 1. The lowest BCUT2D eigenvalue weighted by atomic mass is 10.1. The lowest BCUT2D eigenvalue weighted by Crippen LogP contribution is -2.23. The first-order valence-corrected chi connectivity index (χ1v) is 9.57. The number of benzene rings is 1. The van der Waals surface area contributed by atoms with E-state index in [0.29, 0.717) is 29.0 Å². The average Bonchev–Trinajstić information content (AvgIpc) is 3.47. The van der Waals surface area contributed by atoms with Crippen LogP contribution in [0.4, 0.5) is 0 Å². The normalized spacial score (nSPS) is 11.1. The van der Waals surface area contributed by atoms with Gasteiger partial charge in [-0.05, 0) is 23.6 Å². The molecule has 8 nitrogen and oxygen atoms in total. The van der Waals surface area contributed by atoms with Crippen LogP contribution in [0, 0.1) is 0 Å². The molecule has 0 atom stereocenters. The molecule has 1 aromatic carbocycles. The van der Waals surface area contributed by atoms with Crippen LogP contribution >= 0.6 is 11.3 Å². The Hall–Kier alpha value is -3.33. The van der Waals surface area contributed by atoms with Crippen molar-refractivity contribution in [3.05, 3.63) is 59.1 Å². The van der Waals surface area contributed by atoms with Gasteiger partial charge in [-0.25, -0.2) is 0 Å². The first-order valence-electron chi connectivity index (χ1n) is 8.69. The van der Waals surface area contributed by atoms with Crippen LogP contribution in [-0.2, 0) is 6.54 Å². The number of rotatable bonds is 6. The standard InChI is InChI=1S/C19H17N5O3S/c1-11(2)18-22-16(24-26-18)12-5-7-13(8-6-12)17(25)20-10-15-21-19(27-23-15)14-4-3-9-28-14/h3-9,11H,10H2,1-2H3,(H,20,25). The molecule has 4 rings (SSSR count). The average molecular weight is 395 g/mol. The third-order valence-corrected chi connectivity index (χ3v) is 4.81. The number of carbonyl (C=O) groups is 1. The molecule has 3 heterocycles. The topological polar surface area (TPSA) is 107 Å². The van der Waals surface area contributed by atoms with Crippen molar-refractivity contribution in [2.45, 2.75) is 26.3 Å². The Kier molecular flexibility index (Phi) is 4.98. The molecule has 0 saturated carbocycles. The van der Waals surface area contributed by atoms with E-state index in [1.54, 1.807) is 24.3 Å². The maximum Gasteiger partial charge on any atom is 0.268 e. The van der Waals surface area contributed by atoms with E-state index in [1.165, 1.54) is 11.3 Å². The van der Waals surface area contributed by atoms with Crippen LogP contribution in [0.25, 0.3) is 22.2 Å². The highest BCUT2D eigenvalue weighted by Crippen LogP contribution is 2.22. The van der Waals surface area contributed by atoms with E-state index in [1.807, 2.05) is 31.4 Å². The minimum atomic E-state index is -0.231. The van der Waals surface area contributed by atoms with E-state index in [-0.39, 0.29) is 18.4 Å². The molecule has 0 aliphatic carbocycles. The molecule has 1 N–H and O–H groups in total. The van der Waals surface area contributed by atoms with Crippen molar-refractivity contribution in [3.8, 4) is 22.2 Å². The molecular formula is C19H17N5O3S. The van der Waals surface area contributed by atoms with Gasteiger partial charge in [0.15, 0.2) is 5.82 Å². The summed E-state index contributed by atoms with van der Waals surface area (Å²) in [5.74, 6) is 1.88. The lowest BCUT2D eigenvalue weighted by molar-refractivity contribution is 0.0949. The van der Waals surface area contributed by atoms with Crippen LogP contribution in [0.2, 0.25) is 0 Å². The fourth-order valence-corrected chi connectivity index (χ4v) is 3.09. The number of hydrogen-bond donors (Lipinski definition) is 1. The van der Waals surface area contributed by atoms with Crippen molar-refractivity contribution in [1.29, 1.82) is 0 Å². The minimum Gasteiger partial charge on any atom is -0.345 e. The lowest BCUT2D eigenvalue weighted by Gasteiger charge is -2.03. The summed E-state index contributed by atoms with van der Waals surface area (Å²) >= 11 is 1.51. The Bertz CT molecular complexity index is 1070. The molecule has 3 aromatic heterocycles. The summed E-state index contributed by atoms with van der Waals surface area (Å²) in [7, 11) is 0. The van der Waals surface area contributed by atoms with Gasteiger partial charge in [0.2, 0.25) is 11.7 Å². The zero-order valence-electron chi connectivity index (χ0n) is 15.2. The second kappa shape index (κ2) is 7.73. The highest BCUT2D eigenvalue weighted by molar-refractivity contribution is 7.13. The molecule has 4 aromatic rings. The van der Waals surface area contributed by atoms with Crippen LogP contribution in [0.5, 0.6) is 0 Å². The van der Waals surface area contributed by atoms with Gasteiger partial charge in [0, 0.05) is 17.0 Å². The highest BCUT2D eigenvalue weighted by atomic mass is 32.1. The quantitative estimate of drug-likeness (QED) is 0.527. The Morgan fingerprint density at radius 3 is 2.61 bits per heavy atom. The Morgan fingerprint density at radius 1 is 1.11 bits per heavy atom. The molecule has 0 unspecified atom stereocenters. The van der Waals surface area contributed by atoms with Gasteiger partial charge < -0.3 is 14.4 Å². The smallest absolute Gasteiger partial charge is 0.268 e. The maximum atomic E-state index is 12.3. The van der Waals surface area contributed by atoms with Gasteiger partial charge in [0.1, 0.15) is 0 Å². The van der Waals surface area contributed by atoms with Crippen LogP contribution in [0.3, 0.4) is 0 Å². The summed E-state index contributed by atoms with van der Waals surface area (Å²) in [4.78, 5) is 21.9. The second-order valence-corrected chi connectivity index (χ2v) is 7.31. The summed E-state index contributed by atoms with van der Waals surface area (Å²) in [5, 5.41) is 12.6. The molecule has 9 heteroatoms. The van der Waals surface area contributed by atoms with Crippen molar-refractivity contribution in [3.63, 3.8) is 0 Å².